The van der Waals surface area contributed by atoms with Gasteiger partial charge in [-0.3, -0.25) is 0 Å². The van der Waals surface area contributed by atoms with Crippen LogP contribution in [0.15, 0.2) is 0 Å². The smallest absolute Gasteiger partial charge is 0.217 e. The van der Waals surface area contributed by atoms with E-state index in [9.17, 15) is 0 Å². The van der Waals surface area contributed by atoms with Crippen molar-refractivity contribution in [1.82, 2.24) is 0 Å². The monoisotopic (exact) mass is 421 g/mol. The third-order valence-corrected chi connectivity index (χ3v) is 6.15. The van der Waals surface area contributed by atoms with Gasteiger partial charge < -0.3 is 23.8 Å². The van der Waals surface area contributed by atoms with E-state index in [2.05, 4.69) is 27.4 Å². The number of alkyl halides is 1. The lowest BCUT2D eigenvalue weighted by Gasteiger charge is -2.40. The Morgan fingerprint density at radius 1 is 1.23 bits per heavy atom. The maximum Gasteiger partial charge on any atom is 0.217 e. The fraction of sp³-hybridized carbons (Fsp3) is 0.938. The molecule has 22 heavy (non-hydrogen) atoms. The van der Waals surface area contributed by atoms with Crippen LogP contribution in [0.3, 0.4) is 0 Å². The average Bonchev–Trinajstić information content (AvgIpc) is 3.05. The normalized spacial score (nSPS) is 43.7. The first-order chi connectivity index (χ1) is 10.5. The molecule has 0 aromatic carbocycles. The number of hydrogen-bond donors (Lipinski definition) is 0. The summed E-state index contributed by atoms with van der Waals surface area (Å²) in [7, 11) is 0. The number of rotatable bonds is 4. The Hall–Kier alpha value is 0.0600. The van der Waals surface area contributed by atoms with E-state index in [1.165, 1.54) is 0 Å². The number of fused-ring (bicyclic) bond motifs is 1. The van der Waals surface area contributed by atoms with Gasteiger partial charge in [-0.25, -0.2) is 6.57 Å². The first-order valence-corrected chi connectivity index (χ1v) is 9.55. The van der Waals surface area contributed by atoms with Crippen LogP contribution < -0.4 is 0 Å². The van der Waals surface area contributed by atoms with Gasteiger partial charge in [0, 0.05) is 17.3 Å². The van der Waals surface area contributed by atoms with E-state index >= 15 is 0 Å². The summed E-state index contributed by atoms with van der Waals surface area (Å²) in [4.78, 5) is 3.46. The van der Waals surface area contributed by atoms with Crippen LogP contribution in [0.4, 0.5) is 0 Å². The molecule has 0 N–H and O–H groups in total. The quantitative estimate of drug-likeness (QED) is 0.398. The predicted octanol–water partition coefficient (Wildman–Crippen LogP) is 2.96. The molecule has 0 amide bonds. The molecular weight excluding hydrogens is 397 g/mol. The van der Waals surface area contributed by atoms with E-state index in [-0.39, 0.29) is 30.0 Å². The second kappa shape index (κ2) is 6.52. The van der Waals surface area contributed by atoms with Crippen molar-refractivity contribution in [2.45, 2.75) is 75.3 Å². The van der Waals surface area contributed by atoms with Gasteiger partial charge in [0.15, 0.2) is 5.79 Å². The number of nitrogens with zero attached hydrogens (tertiary/aromatic N) is 1. The summed E-state index contributed by atoms with van der Waals surface area (Å²) in [6, 6.07) is 0. The van der Waals surface area contributed by atoms with Gasteiger partial charge in [-0.2, -0.15) is 0 Å². The average molecular weight is 421 g/mol. The van der Waals surface area contributed by atoms with Gasteiger partial charge in [0.25, 0.3) is 0 Å². The van der Waals surface area contributed by atoms with Crippen molar-refractivity contribution >= 4 is 22.6 Å². The fourth-order valence-corrected chi connectivity index (χ4v) is 4.72. The maximum atomic E-state index is 6.96. The molecule has 3 fully saturated rings. The Bertz CT molecular complexity index is 452. The third kappa shape index (κ3) is 3.29. The maximum absolute atomic E-state index is 6.96. The largest absolute Gasteiger partial charge is 0.369 e. The van der Waals surface area contributed by atoms with Crippen LogP contribution in [-0.2, 0) is 18.9 Å². The predicted molar refractivity (Wildman–Crippen MR) is 90.0 cm³/mol. The number of hydrogen-bond acceptors (Lipinski definition) is 4. The highest BCUT2D eigenvalue weighted by molar-refractivity contribution is 14.1. The van der Waals surface area contributed by atoms with Crippen molar-refractivity contribution in [1.29, 1.82) is 0 Å². The van der Waals surface area contributed by atoms with Gasteiger partial charge in [-0.15, -0.1) is 0 Å². The highest BCUT2D eigenvalue weighted by Gasteiger charge is 2.55. The van der Waals surface area contributed by atoms with Crippen molar-refractivity contribution in [3.8, 4) is 0 Å². The van der Waals surface area contributed by atoms with E-state index in [4.69, 9.17) is 25.5 Å². The van der Waals surface area contributed by atoms with Gasteiger partial charge in [0.05, 0.1) is 24.9 Å². The molecule has 5 nitrogen and oxygen atoms in total. The van der Waals surface area contributed by atoms with Crippen LogP contribution in [0.1, 0.15) is 39.5 Å². The summed E-state index contributed by atoms with van der Waals surface area (Å²) in [5.74, 6) is -0.516. The highest BCUT2D eigenvalue weighted by atomic mass is 127. The first-order valence-electron chi connectivity index (χ1n) is 8.02. The van der Waals surface area contributed by atoms with E-state index in [1.807, 2.05) is 13.8 Å². The van der Waals surface area contributed by atoms with Crippen LogP contribution in [0, 0.1) is 6.57 Å². The molecular formula is C16H24INO4. The van der Waals surface area contributed by atoms with Crippen LogP contribution in [0.5, 0.6) is 0 Å². The number of halogens is 1. The molecule has 3 aliphatic rings. The lowest BCUT2D eigenvalue weighted by atomic mass is 9.87. The van der Waals surface area contributed by atoms with E-state index in [1.54, 1.807) is 0 Å². The molecule has 124 valence electrons. The Kier molecular flexibility index (Phi) is 5.01. The summed E-state index contributed by atoms with van der Waals surface area (Å²) >= 11 is 2.40. The van der Waals surface area contributed by atoms with Crippen LogP contribution in [0.2, 0.25) is 0 Å². The van der Waals surface area contributed by atoms with Crippen molar-refractivity contribution in [3.05, 3.63) is 11.4 Å². The molecule has 6 heteroatoms. The van der Waals surface area contributed by atoms with Crippen LogP contribution >= 0.6 is 22.6 Å². The highest BCUT2D eigenvalue weighted by Crippen LogP contribution is 2.45. The van der Waals surface area contributed by atoms with E-state index in [0.29, 0.717) is 13.2 Å². The van der Waals surface area contributed by atoms with E-state index in [0.717, 1.165) is 30.1 Å². The zero-order chi connectivity index (χ0) is 15.8. The van der Waals surface area contributed by atoms with Crippen LogP contribution in [0.25, 0.3) is 4.85 Å². The second-order valence-electron chi connectivity index (χ2n) is 6.92. The Morgan fingerprint density at radius 2 is 2.05 bits per heavy atom. The van der Waals surface area contributed by atoms with Gasteiger partial charge in [0.1, 0.15) is 11.7 Å². The van der Waals surface area contributed by atoms with E-state index < -0.39 is 5.79 Å². The zero-order valence-corrected chi connectivity index (χ0v) is 15.4. The van der Waals surface area contributed by atoms with Gasteiger partial charge >= 0.3 is 0 Å². The summed E-state index contributed by atoms with van der Waals surface area (Å²) < 4.78 is 25.3. The Balaban J connectivity index is 1.66. The van der Waals surface area contributed by atoms with Gasteiger partial charge in [-0.05, 0) is 26.7 Å². The van der Waals surface area contributed by atoms with Crippen molar-refractivity contribution in [2.24, 2.45) is 0 Å². The SMILES string of the molecule is [C-]#[N+]CC[C@H]1CC[C@@H]2O[C@@H](C3COC(C)(C)O3)CC2(CI)O1. The second-order valence-corrected chi connectivity index (χ2v) is 7.68. The molecule has 2 unspecified atom stereocenters. The molecule has 3 rings (SSSR count). The molecule has 3 aliphatic heterocycles. The Labute approximate surface area is 146 Å². The molecule has 0 bridgehead atoms. The molecule has 0 aromatic heterocycles. The summed E-state index contributed by atoms with van der Waals surface area (Å²) in [6.45, 7) is 12.0. The van der Waals surface area contributed by atoms with Crippen LogP contribution in [-0.4, -0.2) is 53.4 Å². The molecule has 0 spiro atoms. The first kappa shape index (κ1) is 16.9. The lowest BCUT2D eigenvalue weighted by molar-refractivity contribution is -0.166. The minimum Gasteiger partial charge on any atom is -0.369 e. The molecule has 0 aliphatic carbocycles. The summed E-state index contributed by atoms with van der Waals surface area (Å²) in [5, 5.41) is 0. The van der Waals surface area contributed by atoms with Crippen molar-refractivity contribution in [2.75, 3.05) is 17.6 Å². The van der Waals surface area contributed by atoms with Crippen molar-refractivity contribution in [3.63, 3.8) is 0 Å². The molecule has 3 saturated heterocycles. The molecule has 0 radical (unpaired) electrons. The van der Waals surface area contributed by atoms with Gasteiger partial charge in [-0.1, -0.05) is 22.6 Å². The minimum absolute atomic E-state index is 0.00860. The molecule has 0 saturated carbocycles. The number of ether oxygens (including phenoxy) is 4. The molecule has 0 aromatic rings. The third-order valence-electron chi connectivity index (χ3n) is 4.86. The molecule has 5 atom stereocenters. The van der Waals surface area contributed by atoms with Crippen molar-refractivity contribution < 1.29 is 18.9 Å². The Morgan fingerprint density at radius 3 is 2.68 bits per heavy atom. The summed E-state index contributed by atoms with van der Waals surface area (Å²) in [5.41, 5.74) is -0.216. The standard InChI is InChI=1S/C16H24INO4/c1-15(2)19-9-13(22-15)12-8-16(10-17)14(20-12)5-4-11(21-16)6-7-18-3/h11-14H,4-10H2,1-2H3/t11-,12-,13?,14+,16?/m1/s1. The zero-order valence-electron chi connectivity index (χ0n) is 13.2. The van der Waals surface area contributed by atoms with Gasteiger partial charge in [0.2, 0.25) is 6.54 Å². The topological polar surface area (TPSA) is 41.3 Å². The minimum atomic E-state index is -0.516. The fourth-order valence-electron chi connectivity index (χ4n) is 3.74. The molecule has 3 heterocycles. The lowest BCUT2D eigenvalue weighted by Crippen LogP contribution is -2.49. The summed E-state index contributed by atoms with van der Waals surface area (Å²) in [6.07, 6.45) is 4.06.